The standard InChI is InChI=1S/C26H32N2O4S.C23H24BrNO4S/c1-20-14-23(17-27(2)3)16-26(15-20)33(29,30)28(18-21-6-10-24(31-4)11-7-21)19-22-8-12-25(32-5)13-9-22;1-17-12-20(24)14-23(13-17)30(26,27)25(15-18-4-8-21(28-2)9-5-18)16-19-6-10-22(29-3)11-7-19/h6-16H,17-19H2,1-5H3;4-14H,15-16H2,1-3H3. The van der Waals surface area contributed by atoms with E-state index >= 15 is 0 Å². The van der Waals surface area contributed by atoms with Crippen molar-refractivity contribution in [2.75, 3.05) is 42.5 Å². The van der Waals surface area contributed by atoms with Gasteiger partial charge in [-0.05, 0) is 146 Å². The molecule has 0 N–H and O–H groups in total. The number of halogens is 1. The zero-order valence-corrected chi connectivity index (χ0v) is 40.3. The third-order valence-corrected chi connectivity index (χ3v) is 14.0. The summed E-state index contributed by atoms with van der Waals surface area (Å²) in [5.41, 5.74) is 6.27. The average molecular weight is 959 g/mol. The molecule has 63 heavy (non-hydrogen) atoms. The molecular formula is C49H56BrN3O8S2. The quantitative estimate of drug-likeness (QED) is 0.0831. The molecule has 334 valence electrons. The van der Waals surface area contributed by atoms with Gasteiger partial charge in [0, 0.05) is 37.2 Å². The summed E-state index contributed by atoms with van der Waals surface area (Å²) < 4.78 is 79.4. The van der Waals surface area contributed by atoms with Crippen molar-refractivity contribution in [3.05, 3.63) is 177 Å². The molecule has 6 aromatic carbocycles. The van der Waals surface area contributed by atoms with Crippen LogP contribution in [0.15, 0.2) is 148 Å². The molecule has 0 aliphatic heterocycles. The van der Waals surface area contributed by atoms with Gasteiger partial charge in [0.2, 0.25) is 20.0 Å². The lowest BCUT2D eigenvalue weighted by molar-refractivity contribution is 0.395. The highest BCUT2D eigenvalue weighted by atomic mass is 79.9. The van der Waals surface area contributed by atoms with Crippen LogP contribution in [0.4, 0.5) is 0 Å². The molecule has 0 aliphatic rings. The Kier molecular flexibility index (Phi) is 17.4. The molecule has 0 saturated heterocycles. The van der Waals surface area contributed by atoms with Gasteiger partial charge in [0.15, 0.2) is 0 Å². The summed E-state index contributed by atoms with van der Waals surface area (Å²) in [6, 6.07) is 40.5. The maximum absolute atomic E-state index is 13.8. The van der Waals surface area contributed by atoms with Gasteiger partial charge in [0.25, 0.3) is 0 Å². The molecule has 14 heteroatoms. The molecule has 0 saturated carbocycles. The molecular weight excluding hydrogens is 903 g/mol. The molecule has 0 atom stereocenters. The predicted molar refractivity (Wildman–Crippen MR) is 252 cm³/mol. The molecule has 0 fully saturated rings. The topological polar surface area (TPSA) is 115 Å². The number of benzene rings is 6. The van der Waals surface area contributed by atoms with Crippen LogP contribution in [-0.2, 0) is 52.8 Å². The van der Waals surface area contributed by atoms with Gasteiger partial charge < -0.3 is 23.8 Å². The Morgan fingerprint density at radius 2 is 0.714 bits per heavy atom. The van der Waals surface area contributed by atoms with Crippen LogP contribution in [0.3, 0.4) is 0 Å². The van der Waals surface area contributed by atoms with Gasteiger partial charge in [-0.15, -0.1) is 0 Å². The van der Waals surface area contributed by atoms with E-state index in [0.29, 0.717) is 11.4 Å². The molecule has 0 bridgehead atoms. The first-order valence-electron chi connectivity index (χ1n) is 20.1. The smallest absolute Gasteiger partial charge is 0.243 e. The van der Waals surface area contributed by atoms with E-state index in [1.165, 1.54) is 8.61 Å². The number of aryl methyl sites for hydroxylation is 2. The van der Waals surface area contributed by atoms with E-state index < -0.39 is 20.0 Å². The summed E-state index contributed by atoms with van der Waals surface area (Å²) in [4.78, 5) is 2.59. The van der Waals surface area contributed by atoms with Crippen molar-refractivity contribution < 1.29 is 35.8 Å². The van der Waals surface area contributed by atoms with E-state index in [2.05, 4.69) is 15.9 Å². The second kappa shape index (κ2) is 22.4. The number of ether oxygens (including phenoxy) is 4. The Labute approximate surface area is 382 Å². The molecule has 0 amide bonds. The second-order valence-electron chi connectivity index (χ2n) is 15.3. The fourth-order valence-corrected chi connectivity index (χ4v) is 10.6. The van der Waals surface area contributed by atoms with Crippen molar-refractivity contribution >= 4 is 36.0 Å². The van der Waals surface area contributed by atoms with Crippen molar-refractivity contribution in [3.63, 3.8) is 0 Å². The minimum Gasteiger partial charge on any atom is -0.497 e. The minimum atomic E-state index is -3.76. The van der Waals surface area contributed by atoms with E-state index in [4.69, 9.17) is 18.9 Å². The lowest BCUT2D eigenvalue weighted by Gasteiger charge is -2.24. The van der Waals surface area contributed by atoms with Crippen LogP contribution in [0.25, 0.3) is 0 Å². The van der Waals surface area contributed by atoms with E-state index in [1.807, 2.05) is 142 Å². The van der Waals surface area contributed by atoms with Crippen molar-refractivity contribution in [2.45, 2.75) is 56.4 Å². The van der Waals surface area contributed by atoms with Gasteiger partial charge in [-0.3, -0.25) is 0 Å². The Balaban J connectivity index is 0.000000239. The maximum atomic E-state index is 13.8. The highest BCUT2D eigenvalue weighted by molar-refractivity contribution is 9.10. The van der Waals surface area contributed by atoms with Gasteiger partial charge in [-0.2, -0.15) is 8.61 Å². The molecule has 0 aliphatic carbocycles. The Morgan fingerprint density at radius 3 is 1.00 bits per heavy atom. The van der Waals surface area contributed by atoms with E-state index in [1.54, 1.807) is 52.7 Å². The molecule has 0 unspecified atom stereocenters. The van der Waals surface area contributed by atoms with Crippen LogP contribution in [0.1, 0.15) is 38.9 Å². The number of rotatable bonds is 18. The molecule has 0 radical (unpaired) electrons. The van der Waals surface area contributed by atoms with E-state index in [9.17, 15) is 16.8 Å². The van der Waals surface area contributed by atoms with Gasteiger partial charge in [0.1, 0.15) is 23.0 Å². The molecule has 0 aromatic heterocycles. The summed E-state index contributed by atoms with van der Waals surface area (Å²) in [5, 5.41) is 0. The van der Waals surface area contributed by atoms with Crippen molar-refractivity contribution in [1.29, 1.82) is 0 Å². The molecule has 6 rings (SSSR count). The van der Waals surface area contributed by atoms with Crippen LogP contribution in [-0.4, -0.2) is 72.9 Å². The molecule has 6 aromatic rings. The van der Waals surface area contributed by atoms with Crippen LogP contribution < -0.4 is 18.9 Å². The summed E-state index contributed by atoms with van der Waals surface area (Å²) in [6.45, 7) is 5.44. The maximum Gasteiger partial charge on any atom is 0.243 e. The van der Waals surface area contributed by atoms with Gasteiger partial charge in [0.05, 0.1) is 38.2 Å². The first-order valence-corrected chi connectivity index (χ1v) is 23.7. The average Bonchev–Trinajstić information content (AvgIpc) is 3.26. The van der Waals surface area contributed by atoms with Crippen molar-refractivity contribution in [1.82, 2.24) is 13.5 Å². The van der Waals surface area contributed by atoms with Gasteiger partial charge in [-0.1, -0.05) is 70.5 Å². The normalized spacial score (nSPS) is 11.6. The Hall–Kier alpha value is -5.22. The highest BCUT2D eigenvalue weighted by Gasteiger charge is 2.27. The number of hydrogen-bond donors (Lipinski definition) is 0. The second-order valence-corrected chi connectivity index (χ2v) is 20.1. The van der Waals surface area contributed by atoms with Gasteiger partial charge >= 0.3 is 0 Å². The molecule has 0 heterocycles. The largest absolute Gasteiger partial charge is 0.497 e. The predicted octanol–water partition coefficient (Wildman–Crippen LogP) is 9.63. The highest BCUT2D eigenvalue weighted by Crippen LogP contribution is 2.28. The lowest BCUT2D eigenvalue weighted by Crippen LogP contribution is -2.30. The van der Waals surface area contributed by atoms with Crippen LogP contribution in [0.5, 0.6) is 23.0 Å². The zero-order chi connectivity index (χ0) is 45.7. The minimum absolute atomic E-state index is 0.240. The van der Waals surface area contributed by atoms with E-state index in [0.717, 1.165) is 66.4 Å². The Bertz CT molecular complexity index is 2510. The Morgan fingerprint density at radius 1 is 0.413 bits per heavy atom. The molecule has 0 spiro atoms. The lowest BCUT2D eigenvalue weighted by atomic mass is 10.1. The van der Waals surface area contributed by atoms with Crippen LogP contribution in [0.2, 0.25) is 0 Å². The van der Waals surface area contributed by atoms with Crippen LogP contribution in [0, 0.1) is 13.8 Å². The van der Waals surface area contributed by atoms with Crippen molar-refractivity contribution in [2.24, 2.45) is 0 Å². The number of sulfonamides is 2. The third kappa shape index (κ3) is 13.9. The van der Waals surface area contributed by atoms with Crippen molar-refractivity contribution in [3.8, 4) is 23.0 Å². The summed E-state index contributed by atoms with van der Waals surface area (Å²) in [5.74, 6) is 2.92. The van der Waals surface area contributed by atoms with Crippen LogP contribution >= 0.6 is 15.9 Å². The number of nitrogens with zero attached hydrogens (tertiary/aromatic N) is 3. The van der Waals surface area contributed by atoms with E-state index in [-0.39, 0.29) is 31.1 Å². The zero-order valence-electron chi connectivity index (χ0n) is 37.0. The fourth-order valence-electron chi connectivity index (χ4n) is 6.77. The number of hydrogen-bond acceptors (Lipinski definition) is 9. The monoisotopic (exact) mass is 957 g/mol. The summed E-state index contributed by atoms with van der Waals surface area (Å²) in [7, 11) is 2.87. The third-order valence-electron chi connectivity index (χ3n) is 9.97. The molecule has 11 nitrogen and oxygen atoms in total. The number of methoxy groups -OCH3 is 4. The summed E-state index contributed by atoms with van der Waals surface area (Å²) in [6.07, 6.45) is 0. The van der Waals surface area contributed by atoms with Gasteiger partial charge in [-0.25, -0.2) is 16.8 Å². The first-order chi connectivity index (χ1) is 30.0. The first kappa shape index (κ1) is 48.8. The summed E-state index contributed by atoms with van der Waals surface area (Å²) >= 11 is 3.41. The fraction of sp³-hybridized carbons (Fsp3) is 0.265. The SMILES string of the molecule is COc1ccc(CN(Cc2ccc(OC)cc2)S(=O)(=O)c2cc(C)cc(Br)c2)cc1.COc1ccc(CN(Cc2ccc(OC)cc2)S(=O)(=O)c2cc(C)cc(CN(C)C)c2)cc1.